The van der Waals surface area contributed by atoms with Gasteiger partial charge in [0.15, 0.2) is 0 Å². The third-order valence-corrected chi connectivity index (χ3v) is 11.1. The van der Waals surface area contributed by atoms with Crippen molar-refractivity contribution in [1.82, 2.24) is 23.6 Å². The molecular formula is C26H37N7O4S2. The number of benzene rings is 1. The van der Waals surface area contributed by atoms with Gasteiger partial charge in [-0.2, -0.15) is 22.4 Å². The fourth-order valence-electron chi connectivity index (χ4n) is 5.56. The van der Waals surface area contributed by atoms with Crippen molar-refractivity contribution in [2.75, 3.05) is 43.7 Å². The van der Waals surface area contributed by atoms with Crippen molar-refractivity contribution in [1.29, 1.82) is 0 Å². The number of nitrogens with one attached hydrogen (secondary N) is 2. The zero-order valence-corrected chi connectivity index (χ0v) is 24.2. The van der Waals surface area contributed by atoms with E-state index in [4.69, 9.17) is 4.98 Å². The summed E-state index contributed by atoms with van der Waals surface area (Å²) in [6.07, 6.45) is 9.49. The lowest BCUT2D eigenvalue weighted by Gasteiger charge is -2.33. The molecule has 0 atom stereocenters. The maximum absolute atomic E-state index is 12.1. The van der Waals surface area contributed by atoms with Crippen LogP contribution in [0.3, 0.4) is 0 Å². The highest BCUT2D eigenvalue weighted by atomic mass is 32.2. The van der Waals surface area contributed by atoms with Crippen LogP contribution in [0.2, 0.25) is 0 Å². The number of nitrogens with zero attached hydrogens (tertiary/aromatic N) is 5. The van der Waals surface area contributed by atoms with Crippen LogP contribution in [-0.2, 0) is 20.0 Å². The van der Waals surface area contributed by atoms with Gasteiger partial charge in [-0.1, -0.05) is 6.07 Å². The van der Waals surface area contributed by atoms with E-state index in [0.29, 0.717) is 31.9 Å². The van der Waals surface area contributed by atoms with Crippen molar-refractivity contribution < 1.29 is 16.8 Å². The lowest BCUT2D eigenvalue weighted by atomic mass is 9.92. The summed E-state index contributed by atoms with van der Waals surface area (Å²) in [7, 11) is -3.40. The number of aromatic nitrogens is 3. The van der Waals surface area contributed by atoms with Crippen LogP contribution in [0, 0.1) is 0 Å². The van der Waals surface area contributed by atoms with Crippen LogP contribution in [-0.4, -0.2) is 86.5 Å². The van der Waals surface area contributed by atoms with Gasteiger partial charge in [0.25, 0.3) is 10.2 Å². The molecule has 1 aliphatic heterocycles. The number of rotatable bonds is 8. The number of fused-ring (bicyclic) bond motifs is 1. The molecule has 2 aromatic heterocycles. The fourth-order valence-corrected chi connectivity index (χ4v) is 7.49. The van der Waals surface area contributed by atoms with Gasteiger partial charge < -0.3 is 14.8 Å². The van der Waals surface area contributed by atoms with Crippen molar-refractivity contribution in [2.24, 2.45) is 0 Å². The molecule has 2 N–H and O–H groups in total. The molecule has 5 rings (SSSR count). The van der Waals surface area contributed by atoms with E-state index in [-0.39, 0.29) is 17.3 Å². The quantitative estimate of drug-likeness (QED) is 0.419. The molecule has 0 unspecified atom stereocenters. The summed E-state index contributed by atoms with van der Waals surface area (Å²) >= 11 is 0. The molecule has 1 saturated heterocycles. The second-order valence-corrected chi connectivity index (χ2v) is 15.0. The summed E-state index contributed by atoms with van der Waals surface area (Å²) in [5, 5.41) is 4.27. The Morgan fingerprint density at radius 1 is 0.923 bits per heavy atom. The predicted octanol–water partition coefficient (Wildman–Crippen LogP) is 2.55. The van der Waals surface area contributed by atoms with Gasteiger partial charge in [0, 0.05) is 69.0 Å². The normalized spacial score (nSPS) is 21.5. The first-order chi connectivity index (χ1) is 18.5. The maximum Gasteiger partial charge on any atom is 0.279 e. The first-order valence-electron chi connectivity index (χ1n) is 13.3. The summed E-state index contributed by atoms with van der Waals surface area (Å²) in [6, 6.07) is 10.2. The third kappa shape index (κ3) is 6.21. The minimum atomic E-state index is -3.43. The topological polar surface area (TPSA) is 130 Å². The highest BCUT2D eigenvalue weighted by molar-refractivity contribution is 7.91. The molecule has 2 aliphatic rings. The molecule has 11 nitrogen and oxygen atoms in total. The lowest BCUT2D eigenvalue weighted by Crippen LogP contribution is -2.44. The highest BCUT2D eigenvalue weighted by Crippen LogP contribution is 2.32. The Labute approximate surface area is 230 Å². The largest absolute Gasteiger partial charge is 0.371 e. The number of hydrogen-bond acceptors (Lipinski definition) is 8. The molecule has 3 heterocycles. The summed E-state index contributed by atoms with van der Waals surface area (Å²) in [6.45, 7) is 1.42. The minimum absolute atomic E-state index is 0.0692. The van der Waals surface area contributed by atoms with Gasteiger partial charge in [0.2, 0.25) is 5.95 Å². The van der Waals surface area contributed by atoms with Crippen LogP contribution >= 0.6 is 0 Å². The predicted molar refractivity (Wildman–Crippen MR) is 154 cm³/mol. The minimum Gasteiger partial charge on any atom is -0.371 e. The zero-order valence-electron chi connectivity index (χ0n) is 22.6. The zero-order chi connectivity index (χ0) is 27.8. The molecule has 39 heavy (non-hydrogen) atoms. The van der Waals surface area contributed by atoms with Crippen LogP contribution < -0.4 is 14.9 Å². The SMILES string of the molecule is CN(C)S(=O)(=O)NC1CCC(Nc2nccc(-n3ccc4c(N5CCC(S(C)(=O)=O)CC5)cccc43)n2)CC1. The van der Waals surface area contributed by atoms with Crippen molar-refractivity contribution >= 4 is 42.6 Å². The van der Waals surface area contributed by atoms with E-state index >= 15 is 0 Å². The molecule has 1 aromatic carbocycles. The second-order valence-electron chi connectivity index (χ2n) is 10.7. The Morgan fingerprint density at radius 2 is 1.62 bits per heavy atom. The van der Waals surface area contributed by atoms with Gasteiger partial charge in [-0.15, -0.1) is 0 Å². The van der Waals surface area contributed by atoms with Crippen molar-refractivity contribution in [3.05, 3.63) is 42.7 Å². The first-order valence-corrected chi connectivity index (χ1v) is 16.7. The number of hydrogen-bond donors (Lipinski definition) is 2. The molecule has 0 spiro atoms. The van der Waals surface area contributed by atoms with E-state index in [9.17, 15) is 16.8 Å². The molecule has 212 valence electrons. The third-order valence-electron chi connectivity index (χ3n) is 7.84. The monoisotopic (exact) mass is 575 g/mol. The van der Waals surface area contributed by atoms with Gasteiger partial charge in [0.05, 0.1) is 10.8 Å². The van der Waals surface area contributed by atoms with Gasteiger partial charge in [0.1, 0.15) is 15.7 Å². The van der Waals surface area contributed by atoms with E-state index in [2.05, 4.69) is 38.1 Å². The fraction of sp³-hybridized carbons (Fsp3) is 0.538. The average molecular weight is 576 g/mol. The molecule has 3 aromatic rings. The van der Waals surface area contributed by atoms with E-state index in [1.807, 2.05) is 22.9 Å². The van der Waals surface area contributed by atoms with Crippen molar-refractivity contribution in [3.8, 4) is 5.82 Å². The van der Waals surface area contributed by atoms with Crippen LogP contribution in [0.5, 0.6) is 0 Å². The lowest BCUT2D eigenvalue weighted by molar-refractivity contribution is 0.378. The van der Waals surface area contributed by atoms with Crippen LogP contribution in [0.25, 0.3) is 16.7 Å². The number of anilines is 2. The summed E-state index contributed by atoms with van der Waals surface area (Å²) in [5.41, 5.74) is 2.13. The molecule has 2 fully saturated rings. The molecule has 1 aliphatic carbocycles. The number of piperidine rings is 1. The van der Waals surface area contributed by atoms with Gasteiger partial charge in [-0.3, -0.25) is 0 Å². The highest BCUT2D eigenvalue weighted by Gasteiger charge is 2.28. The van der Waals surface area contributed by atoms with Gasteiger partial charge in [-0.25, -0.2) is 13.4 Å². The Morgan fingerprint density at radius 3 is 2.28 bits per heavy atom. The Balaban J connectivity index is 1.27. The first kappa shape index (κ1) is 27.8. The smallest absolute Gasteiger partial charge is 0.279 e. The Kier molecular flexibility index (Phi) is 7.86. The Bertz CT molecular complexity index is 1520. The van der Waals surface area contributed by atoms with Crippen molar-refractivity contribution in [3.63, 3.8) is 0 Å². The van der Waals surface area contributed by atoms with Crippen LogP contribution in [0.4, 0.5) is 11.6 Å². The molecule has 0 bridgehead atoms. The van der Waals surface area contributed by atoms with Crippen molar-refractivity contribution in [2.45, 2.75) is 55.9 Å². The van der Waals surface area contributed by atoms with E-state index in [0.717, 1.165) is 48.1 Å². The van der Waals surface area contributed by atoms with Crippen LogP contribution in [0.1, 0.15) is 38.5 Å². The van der Waals surface area contributed by atoms with Crippen LogP contribution in [0.15, 0.2) is 42.7 Å². The van der Waals surface area contributed by atoms with E-state index < -0.39 is 20.0 Å². The number of sulfone groups is 1. The standard InChI is InChI=1S/C26H37N7O4S2/c1-31(2)39(36,37)30-20-9-7-19(8-10-20)28-26-27-15-11-25(29-26)33-18-14-22-23(5-4-6-24(22)33)32-16-12-21(13-17-32)38(3,34)35/h4-6,11,14-15,18-21,30H,7-10,12-13,16-17H2,1-3H3,(H,27,28,29). The maximum atomic E-state index is 12.1. The van der Waals surface area contributed by atoms with E-state index in [1.165, 1.54) is 24.7 Å². The van der Waals surface area contributed by atoms with Gasteiger partial charge in [-0.05, 0) is 62.8 Å². The van der Waals surface area contributed by atoms with Gasteiger partial charge >= 0.3 is 0 Å². The average Bonchev–Trinajstić information content (AvgIpc) is 3.34. The summed E-state index contributed by atoms with van der Waals surface area (Å²) in [4.78, 5) is 11.5. The molecule has 0 radical (unpaired) electrons. The molecule has 0 amide bonds. The Hall–Kier alpha value is -2.74. The van der Waals surface area contributed by atoms with E-state index in [1.54, 1.807) is 6.20 Å². The molecule has 1 saturated carbocycles. The summed E-state index contributed by atoms with van der Waals surface area (Å²) in [5.74, 6) is 1.30. The molecular weight excluding hydrogens is 538 g/mol. The second kappa shape index (κ2) is 11.0. The summed E-state index contributed by atoms with van der Waals surface area (Å²) < 4.78 is 54.2. The molecule has 13 heteroatoms.